The Balaban J connectivity index is 1.85. The molecule has 0 bridgehead atoms. The molecular weight excluding hydrogens is 232 g/mol. The number of rotatable bonds is 3. The maximum absolute atomic E-state index is 4.58. The zero-order chi connectivity index (χ0) is 13.1. The molecule has 1 saturated carbocycles. The van der Waals surface area contributed by atoms with E-state index in [1.807, 2.05) is 12.3 Å². The van der Waals surface area contributed by atoms with Gasteiger partial charge in [-0.2, -0.15) is 0 Å². The molecule has 2 heteroatoms. The van der Waals surface area contributed by atoms with Gasteiger partial charge in [-0.3, -0.25) is 4.98 Å². The molecule has 0 amide bonds. The maximum atomic E-state index is 4.58. The third-order valence-electron chi connectivity index (χ3n) is 4.32. The van der Waals surface area contributed by atoms with Crippen molar-refractivity contribution >= 4 is 5.69 Å². The van der Waals surface area contributed by atoms with Gasteiger partial charge in [0.25, 0.3) is 0 Å². The van der Waals surface area contributed by atoms with Crippen molar-refractivity contribution in [3.8, 4) is 0 Å². The highest BCUT2D eigenvalue weighted by Crippen LogP contribution is 2.41. The van der Waals surface area contributed by atoms with Crippen LogP contribution in [0.5, 0.6) is 0 Å². The first-order valence-electron chi connectivity index (χ1n) is 7.02. The van der Waals surface area contributed by atoms with E-state index in [4.69, 9.17) is 0 Å². The Bertz CT molecular complexity index is 523. The number of hydrogen-bond acceptors (Lipinski definition) is 2. The van der Waals surface area contributed by atoms with Crippen molar-refractivity contribution in [2.24, 2.45) is 0 Å². The molecule has 3 rings (SSSR count). The quantitative estimate of drug-likeness (QED) is 0.893. The minimum atomic E-state index is 0.136. The van der Waals surface area contributed by atoms with Crippen LogP contribution in [0.3, 0.4) is 0 Å². The molecule has 0 unspecified atom stereocenters. The van der Waals surface area contributed by atoms with Crippen molar-refractivity contribution in [2.45, 2.75) is 37.6 Å². The summed E-state index contributed by atoms with van der Waals surface area (Å²) in [7, 11) is 0. The summed E-state index contributed by atoms with van der Waals surface area (Å²) in [4.78, 5) is 4.58. The standard InChI is InChI=1S/C17H20N2/c1-17(15-10-5-6-13-18-15)12-7-11-16(17)19-14-8-3-2-4-9-14/h2-6,8-10,13,16,19H,7,11-12H2,1H3/t16-,17+/m1/s1. The van der Waals surface area contributed by atoms with Crippen LogP contribution in [-0.2, 0) is 5.41 Å². The van der Waals surface area contributed by atoms with Gasteiger partial charge in [0.15, 0.2) is 0 Å². The van der Waals surface area contributed by atoms with Gasteiger partial charge in [-0.25, -0.2) is 0 Å². The van der Waals surface area contributed by atoms with E-state index >= 15 is 0 Å². The van der Waals surface area contributed by atoms with Crippen LogP contribution in [0.25, 0.3) is 0 Å². The molecule has 0 saturated heterocycles. The van der Waals surface area contributed by atoms with Gasteiger partial charge in [0.05, 0.1) is 0 Å². The molecule has 0 radical (unpaired) electrons. The fourth-order valence-electron chi connectivity index (χ4n) is 3.14. The van der Waals surface area contributed by atoms with Crippen LogP contribution in [0, 0.1) is 0 Å². The Labute approximate surface area is 114 Å². The largest absolute Gasteiger partial charge is 0.381 e. The van der Waals surface area contributed by atoms with E-state index in [2.05, 4.69) is 59.7 Å². The minimum absolute atomic E-state index is 0.136. The smallest absolute Gasteiger partial charge is 0.0483 e. The molecule has 2 aromatic rings. The second kappa shape index (κ2) is 5.04. The summed E-state index contributed by atoms with van der Waals surface area (Å²) in [6.07, 6.45) is 5.58. The molecule has 0 spiro atoms. The summed E-state index contributed by atoms with van der Waals surface area (Å²) in [6.45, 7) is 2.34. The number of para-hydroxylation sites is 1. The first-order chi connectivity index (χ1) is 9.29. The highest BCUT2D eigenvalue weighted by molar-refractivity contribution is 5.45. The maximum Gasteiger partial charge on any atom is 0.0483 e. The van der Waals surface area contributed by atoms with E-state index in [0.717, 1.165) is 0 Å². The van der Waals surface area contributed by atoms with Crippen LogP contribution >= 0.6 is 0 Å². The lowest BCUT2D eigenvalue weighted by molar-refractivity contribution is 0.438. The highest BCUT2D eigenvalue weighted by atomic mass is 15.0. The molecule has 1 aliphatic rings. The summed E-state index contributed by atoms with van der Waals surface area (Å²) < 4.78 is 0. The van der Waals surface area contributed by atoms with E-state index in [0.29, 0.717) is 6.04 Å². The fraction of sp³-hybridized carbons (Fsp3) is 0.353. The molecule has 1 aromatic heterocycles. The van der Waals surface area contributed by atoms with Crippen molar-refractivity contribution in [1.29, 1.82) is 0 Å². The zero-order valence-corrected chi connectivity index (χ0v) is 11.3. The first kappa shape index (κ1) is 12.2. The zero-order valence-electron chi connectivity index (χ0n) is 11.3. The number of nitrogens with zero attached hydrogens (tertiary/aromatic N) is 1. The van der Waals surface area contributed by atoms with Crippen LogP contribution < -0.4 is 5.32 Å². The van der Waals surface area contributed by atoms with Gasteiger partial charge in [0.1, 0.15) is 0 Å². The normalized spacial score (nSPS) is 26.3. The lowest BCUT2D eigenvalue weighted by Gasteiger charge is -2.32. The van der Waals surface area contributed by atoms with E-state index in [9.17, 15) is 0 Å². The third kappa shape index (κ3) is 2.35. The topological polar surface area (TPSA) is 24.9 Å². The van der Waals surface area contributed by atoms with Crippen molar-refractivity contribution in [3.63, 3.8) is 0 Å². The third-order valence-corrected chi connectivity index (χ3v) is 4.32. The lowest BCUT2D eigenvalue weighted by atomic mass is 9.81. The Hall–Kier alpha value is -1.83. The Morgan fingerprint density at radius 2 is 1.89 bits per heavy atom. The van der Waals surface area contributed by atoms with Crippen molar-refractivity contribution in [2.75, 3.05) is 5.32 Å². The lowest BCUT2D eigenvalue weighted by Crippen LogP contribution is -2.38. The van der Waals surface area contributed by atoms with Crippen LogP contribution in [0.15, 0.2) is 54.7 Å². The monoisotopic (exact) mass is 252 g/mol. The Morgan fingerprint density at radius 3 is 2.63 bits per heavy atom. The minimum Gasteiger partial charge on any atom is -0.381 e. The fourth-order valence-corrected chi connectivity index (χ4v) is 3.14. The Morgan fingerprint density at radius 1 is 1.11 bits per heavy atom. The average molecular weight is 252 g/mol. The number of pyridine rings is 1. The summed E-state index contributed by atoms with van der Waals surface area (Å²) in [5, 5.41) is 3.69. The number of anilines is 1. The molecule has 2 nitrogen and oxygen atoms in total. The van der Waals surface area contributed by atoms with Gasteiger partial charge in [-0.1, -0.05) is 37.6 Å². The second-order valence-corrected chi connectivity index (χ2v) is 5.59. The van der Waals surface area contributed by atoms with Gasteiger partial charge >= 0.3 is 0 Å². The molecule has 2 atom stereocenters. The number of aromatic nitrogens is 1. The summed E-state index contributed by atoms with van der Waals surface area (Å²) >= 11 is 0. The number of nitrogens with one attached hydrogen (secondary N) is 1. The molecule has 0 aliphatic heterocycles. The van der Waals surface area contributed by atoms with Crippen LogP contribution in [0.2, 0.25) is 0 Å². The molecule has 1 aliphatic carbocycles. The van der Waals surface area contributed by atoms with Gasteiger partial charge in [0.2, 0.25) is 0 Å². The summed E-state index contributed by atoms with van der Waals surface area (Å²) in [5.41, 5.74) is 2.55. The highest BCUT2D eigenvalue weighted by Gasteiger charge is 2.41. The van der Waals surface area contributed by atoms with Crippen molar-refractivity contribution in [3.05, 3.63) is 60.4 Å². The summed E-state index contributed by atoms with van der Waals surface area (Å²) in [6, 6.07) is 17.2. The molecule has 1 heterocycles. The van der Waals surface area contributed by atoms with Gasteiger partial charge in [-0.05, 0) is 37.1 Å². The average Bonchev–Trinajstić information content (AvgIpc) is 2.84. The van der Waals surface area contributed by atoms with E-state index in [-0.39, 0.29) is 5.41 Å². The van der Waals surface area contributed by atoms with Gasteiger partial charge < -0.3 is 5.32 Å². The van der Waals surface area contributed by atoms with Crippen LogP contribution in [0.1, 0.15) is 31.9 Å². The van der Waals surface area contributed by atoms with Crippen molar-refractivity contribution < 1.29 is 0 Å². The molecule has 98 valence electrons. The van der Waals surface area contributed by atoms with Gasteiger partial charge in [0, 0.05) is 29.0 Å². The molecule has 19 heavy (non-hydrogen) atoms. The number of benzene rings is 1. The van der Waals surface area contributed by atoms with E-state index in [1.54, 1.807) is 0 Å². The molecule has 1 aromatic carbocycles. The van der Waals surface area contributed by atoms with Crippen molar-refractivity contribution in [1.82, 2.24) is 4.98 Å². The predicted octanol–water partition coefficient (Wildman–Crippen LogP) is 4.00. The SMILES string of the molecule is C[C@@]1(c2ccccn2)CCC[C@H]1Nc1ccccc1. The van der Waals surface area contributed by atoms with E-state index in [1.165, 1.54) is 30.6 Å². The first-order valence-corrected chi connectivity index (χ1v) is 7.02. The summed E-state index contributed by atoms with van der Waals surface area (Å²) in [5.74, 6) is 0. The molecule has 1 fully saturated rings. The molecule has 1 N–H and O–H groups in total. The predicted molar refractivity (Wildman–Crippen MR) is 79.3 cm³/mol. The van der Waals surface area contributed by atoms with Crippen LogP contribution in [-0.4, -0.2) is 11.0 Å². The molecular formula is C17H20N2. The van der Waals surface area contributed by atoms with Crippen LogP contribution in [0.4, 0.5) is 5.69 Å². The second-order valence-electron chi connectivity index (χ2n) is 5.59. The van der Waals surface area contributed by atoms with Gasteiger partial charge in [-0.15, -0.1) is 0 Å². The van der Waals surface area contributed by atoms with E-state index < -0.39 is 0 Å². The Kier molecular flexibility index (Phi) is 3.24. The number of hydrogen-bond donors (Lipinski definition) is 1.